The summed E-state index contributed by atoms with van der Waals surface area (Å²) in [4.78, 5) is 3.09. The molecule has 0 saturated heterocycles. The lowest BCUT2D eigenvalue weighted by molar-refractivity contribution is 0.783. The molecule has 1 aromatic rings. The van der Waals surface area contributed by atoms with Crippen LogP contribution in [0.4, 0.5) is 0 Å². The first-order valence-corrected chi connectivity index (χ1v) is 3.94. The van der Waals surface area contributed by atoms with Gasteiger partial charge in [-0.2, -0.15) is 0 Å². The van der Waals surface area contributed by atoms with Crippen molar-refractivity contribution in [3.8, 4) is 0 Å². The highest BCUT2D eigenvalue weighted by molar-refractivity contribution is 9.09. The maximum Gasteiger partial charge on any atom is 0.0520 e. The molecule has 0 aliphatic heterocycles. The number of alkyl halides is 1. The summed E-state index contributed by atoms with van der Waals surface area (Å²) in [6.45, 7) is 0.901. The molecular weight excluding hydrogens is 180 g/mol. The number of rotatable bonds is 3. The summed E-state index contributed by atoms with van der Waals surface area (Å²) in [5.41, 5.74) is 2.06. The molecule has 9 heavy (non-hydrogen) atoms. The van der Waals surface area contributed by atoms with Crippen LogP contribution in [-0.2, 0) is 6.54 Å². The van der Waals surface area contributed by atoms with Gasteiger partial charge in [-0.05, 0) is 12.1 Å². The zero-order valence-corrected chi connectivity index (χ0v) is 6.61. The predicted molar refractivity (Wildman–Crippen MR) is 41.4 cm³/mol. The molecule has 1 aromatic heterocycles. The number of aromatic amines is 1. The second kappa shape index (κ2) is 3.69. The minimum absolute atomic E-state index is 0.839. The Morgan fingerprint density at radius 3 is 3.11 bits per heavy atom. The summed E-state index contributed by atoms with van der Waals surface area (Å²) in [6.07, 6.45) is 1.92. The van der Waals surface area contributed by atoms with Gasteiger partial charge in [0.25, 0.3) is 0 Å². The fourth-order valence-corrected chi connectivity index (χ4v) is 0.858. The van der Waals surface area contributed by atoms with Crippen LogP contribution in [0.25, 0.3) is 0 Å². The van der Waals surface area contributed by atoms with E-state index in [1.807, 2.05) is 12.3 Å². The third-order valence-corrected chi connectivity index (χ3v) is 1.47. The second-order valence-electron chi connectivity index (χ2n) is 1.76. The average Bonchev–Trinajstić information content (AvgIpc) is 2.34. The molecule has 0 atom stereocenters. The van der Waals surface area contributed by atoms with E-state index in [0.29, 0.717) is 0 Å². The zero-order chi connectivity index (χ0) is 6.53. The van der Waals surface area contributed by atoms with Gasteiger partial charge in [0.05, 0.1) is 5.45 Å². The average molecular weight is 189 g/mol. The largest absolute Gasteiger partial charge is 0.364 e. The topological polar surface area (TPSA) is 27.8 Å². The predicted octanol–water partition coefficient (Wildman–Crippen LogP) is 1.46. The van der Waals surface area contributed by atoms with Gasteiger partial charge in [-0.25, -0.2) is 0 Å². The number of nitrogens with one attached hydrogen (secondary N) is 2. The zero-order valence-electron chi connectivity index (χ0n) is 5.02. The van der Waals surface area contributed by atoms with Crippen molar-refractivity contribution in [2.75, 3.05) is 5.45 Å². The molecule has 2 N–H and O–H groups in total. The van der Waals surface area contributed by atoms with Crippen LogP contribution >= 0.6 is 15.9 Å². The molecule has 0 saturated carbocycles. The molecule has 3 heteroatoms. The SMILES string of the molecule is BrCNCc1ccc[nH]1. The van der Waals surface area contributed by atoms with Crippen LogP contribution in [0.1, 0.15) is 5.69 Å². The van der Waals surface area contributed by atoms with Crippen LogP contribution in [0.15, 0.2) is 18.3 Å². The van der Waals surface area contributed by atoms with Crippen LogP contribution in [0.5, 0.6) is 0 Å². The van der Waals surface area contributed by atoms with Gasteiger partial charge in [-0.3, -0.25) is 0 Å². The van der Waals surface area contributed by atoms with E-state index < -0.39 is 0 Å². The van der Waals surface area contributed by atoms with Gasteiger partial charge in [-0.1, -0.05) is 15.9 Å². The highest BCUT2D eigenvalue weighted by Crippen LogP contribution is 1.92. The lowest BCUT2D eigenvalue weighted by atomic mass is 10.4. The first-order chi connectivity index (χ1) is 4.43. The van der Waals surface area contributed by atoms with Crippen molar-refractivity contribution in [3.05, 3.63) is 24.0 Å². The summed E-state index contributed by atoms with van der Waals surface area (Å²) in [7, 11) is 0. The highest BCUT2D eigenvalue weighted by Gasteiger charge is 1.87. The molecule has 0 bridgehead atoms. The van der Waals surface area contributed by atoms with Crippen LogP contribution in [0, 0.1) is 0 Å². The summed E-state index contributed by atoms with van der Waals surface area (Å²) in [5.74, 6) is 0. The molecule has 1 rings (SSSR count). The molecule has 1 heterocycles. The van der Waals surface area contributed by atoms with E-state index in [2.05, 4.69) is 32.3 Å². The number of hydrogen-bond acceptors (Lipinski definition) is 1. The summed E-state index contributed by atoms with van der Waals surface area (Å²) >= 11 is 3.27. The van der Waals surface area contributed by atoms with Crippen molar-refractivity contribution in [2.24, 2.45) is 0 Å². The van der Waals surface area contributed by atoms with E-state index in [1.165, 1.54) is 5.69 Å². The van der Waals surface area contributed by atoms with Crippen molar-refractivity contribution in [1.82, 2.24) is 10.3 Å². The Labute approximate surface area is 62.8 Å². The second-order valence-corrected chi connectivity index (χ2v) is 2.32. The van der Waals surface area contributed by atoms with Crippen molar-refractivity contribution in [2.45, 2.75) is 6.54 Å². The summed E-state index contributed by atoms with van der Waals surface area (Å²) in [5, 5.41) is 3.14. The highest BCUT2D eigenvalue weighted by atomic mass is 79.9. The number of H-pyrrole nitrogens is 1. The lowest BCUT2D eigenvalue weighted by Crippen LogP contribution is -2.09. The Kier molecular flexibility index (Phi) is 2.80. The van der Waals surface area contributed by atoms with E-state index in [-0.39, 0.29) is 0 Å². The Balaban J connectivity index is 2.30. The van der Waals surface area contributed by atoms with Gasteiger partial charge in [0.1, 0.15) is 0 Å². The van der Waals surface area contributed by atoms with Gasteiger partial charge < -0.3 is 10.3 Å². The van der Waals surface area contributed by atoms with Crippen LogP contribution in [0.2, 0.25) is 0 Å². The summed E-state index contributed by atoms with van der Waals surface area (Å²) < 4.78 is 0. The molecule has 0 unspecified atom stereocenters. The first-order valence-electron chi connectivity index (χ1n) is 2.82. The van der Waals surface area contributed by atoms with Crippen molar-refractivity contribution in [3.63, 3.8) is 0 Å². The van der Waals surface area contributed by atoms with Gasteiger partial charge in [-0.15, -0.1) is 0 Å². The minimum Gasteiger partial charge on any atom is -0.364 e. The fraction of sp³-hybridized carbons (Fsp3) is 0.333. The van der Waals surface area contributed by atoms with Crippen molar-refractivity contribution >= 4 is 15.9 Å². The maximum atomic E-state index is 3.27. The molecule has 0 aromatic carbocycles. The fourth-order valence-electron chi connectivity index (χ4n) is 0.659. The van der Waals surface area contributed by atoms with Crippen molar-refractivity contribution in [1.29, 1.82) is 0 Å². The van der Waals surface area contributed by atoms with Gasteiger partial charge >= 0.3 is 0 Å². The molecule has 50 valence electrons. The van der Waals surface area contributed by atoms with E-state index in [0.717, 1.165) is 12.0 Å². The molecule has 0 radical (unpaired) electrons. The van der Waals surface area contributed by atoms with Crippen LogP contribution in [-0.4, -0.2) is 10.4 Å². The number of hydrogen-bond donors (Lipinski definition) is 2. The molecular formula is C6H9BrN2. The molecule has 0 spiro atoms. The van der Waals surface area contributed by atoms with Gasteiger partial charge in [0.15, 0.2) is 0 Å². The Morgan fingerprint density at radius 2 is 2.56 bits per heavy atom. The molecule has 0 fully saturated rings. The Hall–Kier alpha value is -0.280. The third kappa shape index (κ3) is 2.20. The summed E-state index contributed by atoms with van der Waals surface area (Å²) in [6, 6.07) is 4.04. The van der Waals surface area contributed by atoms with Crippen LogP contribution < -0.4 is 5.32 Å². The van der Waals surface area contributed by atoms with Crippen molar-refractivity contribution < 1.29 is 0 Å². The monoisotopic (exact) mass is 188 g/mol. The molecule has 0 aliphatic rings. The Bertz CT molecular complexity index is 148. The van der Waals surface area contributed by atoms with E-state index >= 15 is 0 Å². The lowest BCUT2D eigenvalue weighted by Gasteiger charge is -1.94. The Morgan fingerprint density at radius 1 is 1.67 bits per heavy atom. The van der Waals surface area contributed by atoms with Gasteiger partial charge in [0.2, 0.25) is 0 Å². The minimum atomic E-state index is 0.839. The van der Waals surface area contributed by atoms with E-state index in [1.54, 1.807) is 0 Å². The van der Waals surface area contributed by atoms with Gasteiger partial charge in [0, 0.05) is 18.4 Å². The molecule has 0 amide bonds. The quantitative estimate of drug-likeness (QED) is 0.546. The number of halogens is 1. The molecule has 0 aliphatic carbocycles. The molecule has 2 nitrogen and oxygen atoms in total. The number of aromatic nitrogens is 1. The van der Waals surface area contributed by atoms with E-state index in [9.17, 15) is 0 Å². The first kappa shape index (κ1) is 6.83. The van der Waals surface area contributed by atoms with Crippen LogP contribution in [0.3, 0.4) is 0 Å². The van der Waals surface area contributed by atoms with E-state index in [4.69, 9.17) is 0 Å². The standard InChI is InChI=1S/C6H9BrN2/c7-5-8-4-6-2-1-3-9-6/h1-3,8-9H,4-5H2. The third-order valence-electron chi connectivity index (χ3n) is 1.07. The normalized spacial score (nSPS) is 9.89. The maximum absolute atomic E-state index is 3.27. The smallest absolute Gasteiger partial charge is 0.0520 e.